The highest BCUT2D eigenvalue weighted by Gasteiger charge is 2.34. The molecule has 0 bridgehead atoms. The third-order valence-electron chi connectivity index (χ3n) is 6.10. The van der Waals surface area contributed by atoms with Gasteiger partial charge in [0, 0.05) is 17.6 Å². The van der Waals surface area contributed by atoms with Crippen molar-refractivity contribution in [2.24, 2.45) is 0 Å². The van der Waals surface area contributed by atoms with Crippen molar-refractivity contribution in [3.05, 3.63) is 114 Å². The summed E-state index contributed by atoms with van der Waals surface area (Å²) in [4.78, 5) is 15.3. The SMILES string of the molecule is COc1ccc(C2c3cccn3-c3ccccc3CN2C(=O)Nc2cccc(C(F)(F)F)c2)cc1. The third kappa shape index (κ3) is 4.35. The van der Waals surface area contributed by atoms with Gasteiger partial charge in [-0.15, -0.1) is 0 Å². The van der Waals surface area contributed by atoms with Gasteiger partial charge in [-0.3, -0.25) is 0 Å². The van der Waals surface area contributed by atoms with Gasteiger partial charge in [0.2, 0.25) is 0 Å². The van der Waals surface area contributed by atoms with Crippen LogP contribution in [0, 0.1) is 0 Å². The lowest BCUT2D eigenvalue weighted by atomic mass is 10.0. The first-order chi connectivity index (χ1) is 16.8. The molecule has 0 aliphatic carbocycles. The maximum Gasteiger partial charge on any atom is 0.416 e. The second kappa shape index (κ2) is 8.87. The number of hydrogen-bond donors (Lipinski definition) is 1. The Balaban J connectivity index is 1.58. The van der Waals surface area contributed by atoms with Gasteiger partial charge in [0.25, 0.3) is 0 Å². The Bertz CT molecular complexity index is 1360. The molecule has 2 amide bonds. The van der Waals surface area contributed by atoms with E-state index in [9.17, 15) is 18.0 Å². The Kier molecular flexibility index (Phi) is 5.72. The molecule has 5 rings (SSSR count). The Morgan fingerprint density at radius 2 is 1.74 bits per heavy atom. The number of nitrogens with zero attached hydrogens (tertiary/aromatic N) is 2. The van der Waals surface area contributed by atoms with Crippen LogP contribution in [0.15, 0.2) is 91.1 Å². The summed E-state index contributed by atoms with van der Waals surface area (Å²) in [7, 11) is 1.58. The minimum Gasteiger partial charge on any atom is -0.497 e. The van der Waals surface area contributed by atoms with Crippen molar-refractivity contribution in [2.75, 3.05) is 12.4 Å². The third-order valence-corrected chi connectivity index (χ3v) is 6.10. The largest absolute Gasteiger partial charge is 0.497 e. The van der Waals surface area contributed by atoms with E-state index >= 15 is 0 Å². The minimum absolute atomic E-state index is 0.0752. The molecule has 0 fully saturated rings. The molecule has 5 nitrogen and oxygen atoms in total. The number of carbonyl (C=O) groups excluding carboxylic acids is 1. The van der Waals surface area contributed by atoms with Crippen LogP contribution < -0.4 is 10.1 Å². The fraction of sp³-hybridized carbons (Fsp3) is 0.148. The van der Waals surface area contributed by atoms with Gasteiger partial charge < -0.3 is 19.5 Å². The highest BCUT2D eigenvalue weighted by molar-refractivity contribution is 5.90. The number of para-hydroxylation sites is 1. The van der Waals surface area contributed by atoms with Crippen molar-refractivity contribution in [1.29, 1.82) is 0 Å². The van der Waals surface area contributed by atoms with Crippen LogP contribution in [0.1, 0.15) is 28.4 Å². The van der Waals surface area contributed by atoms with E-state index in [0.717, 1.165) is 34.6 Å². The van der Waals surface area contributed by atoms with Gasteiger partial charge in [0.1, 0.15) is 5.75 Å². The molecule has 0 saturated heterocycles. The van der Waals surface area contributed by atoms with Gasteiger partial charge in [-0.25, -0.2) is 4.79 Å². The number of rotatable bonds is 3. The van der Waals surface area contributed by atoms with Crippen LogP contribution in [0.25, 0.3) is 5.69 Å². The topological polar surface area (TPSA) is 46.5 Å². The number of carbonyl (C=O) groups is 1. The summed E-state index contributed by atoms with van der Waals surface area (Å²) in [5, 5.41) is 2.68. The first-order valence-electron chi connectivity index (χ1n) is 11.0. The first-order valence-corrected chi connectivity index (χ1v) is 11.0. The molecule has 3 aromatic carbocycles. The molecule has 8 heteroatoms. The zero-order valence-corrected chi connectivity index (χ0v) is 18.8. The normalized spacial score (nSPS) is 15.1. The predicted molar refractivity (Wildman–Crippen MR) is 127 cm³/mol. The molecule has 1 unspecified atom stereocenters. The van der Waals surface area contributed by atoms with Crippen molar-refractivity contribution in [3.8, 4) is 11.4 Å². The molecule has 0 saturated carbocycles. The van der Waals surface area contributed by atoms with E-state index in [2.05, 4.69) is 5.32 Å². The van der Waals surface area contributed by atoms with Gasteiger partial charge >= 0.3 is 12.2 Å². The number of halogens is 3. The summed E-state index contributed by atoms with van der Waals surface area (Å²) in [5.74, 6) is 0.681. The van der Waals surface area contributed by atoms with Crippen LogP contribution in [-0.4, -0.2) is 22.6 Å². The van der Waals surface area contributed by atoms with E-state index in [1.54, 1.807) is 12.0 Å². The smallest absolute Gasteiger partial charge is 0.416 e. The van der Waals surface area contributed by atoms with Crippen LogP contribution in [0.3, 0.4) is 0 Å². The molecule has 0 radical (unpaired) electrons. The molecule has 178 valence electrons. The quantitative estimate of drug-likeness (QED) is 0.360. The average Bonchev–Trinajstić information content (AvgIpc) is 3.28. The van der Waals surface area contributed by atoms with Gasteiger partial charge in [0.05, 0.1) is 30.9 Å². The maximum atomic E-state index is 13.6. The molecular formula is C27H22F3N3O2. The van der Waals surface area contributed by atoms with E-state index in [0.29, 0.717) is 5.75 Å². The summed E-state index contributed by atoms with van der Waals surface area (Å²) in [6.45, 7) is 0.263. The van der Waals surface area contributed by atoms with Gasteiger partial charge in [-0.2, -0.15) is 13.2 Å². The Morgan fingerprint density at radius 1 is 0.971 bits per heavy atom. The van der Waals surface area contributed by atoms with Crippen molar-refractivity contribution >= 4 is 11.7 Å². The number of urea groups is 1. The fourth-order valence-electron chi connectivity index (χ4n) is 4.44. The summed E-state index contributed by atoms with van der Waals surface area (Å²) >= 11 is 0. The van der Waals surface area contributed by atoms with Crippen molar-refractivity contribution < 1.29 is 22.7 Å². The average molecular weight is 477 g/mol. The molecule has 1 aliphatic heterocycles. The number of nitrogens with one attached hydrogen (secondary N) is 1. The van der Waals surface area contributed by atoms with Gasteiger partial charge in [-0.05, 0) is 59.7 Å². The molecule has 4 aromatic rings. The minimum atomic E-state index is -4.51. The number of ether oxygens (including phenoxy) is 1. The number of benzene rings is 3. The molecule has 2 heterocycles. The van der Waals surface area contributed by atoms with E-state index in [4.69, 9.17) is 4.74 Å². The standard InChI is InChI=1S/C27H22F3N3O2/c1-35-22-13-11-18(12-14-22)25-24-10-5-15-32(24)23-9-3-2-6-19(23)17-33(25)26(34)31-21-8-4-7-20(16-21)27(28,29)30/h2-16,25H,17H2,1H3,(H,31,34). The number of aromatic nitrogens is 1. The zero-order chi connectivity index (χ0) is 24.6. The summed E-state index contributed by atoms with van der Waals surface area (Å²) in [5.41, 5.74) is 2.82. The van der Waals surface area contributed by atoms with Crippen LogP contribution in [0.5, 0.6) is 5.75 Å². The lowest BCUT2D eigenvalue weighted by Gasteiger charge is -2.31. The molecule has 1 N–H and O–H groups in total. The number of alkyl halides is 3. The summed E-state index contributed by atoms with van der Waals surface area (Å²) in [6.07, 6.45) is -2.56. The summed E-state index contributed by atoms with van der Waals surface area (Å²) < 4.78 is 47.0. The molecule has 35 heavy (non-hydrogen) atoms. The van der Waals surface area contributed by atoms with Crippen LogP contribution in [0.2, 0.25) is 0 Å². The molecule has 1 aliphatic rings. The van der Waals surface area contributed by atoms with Gasteiger partial charge in [-0.1, -0.05) is 36.4 Å². The second-order valence-electron chi connectivity index (χ2n) is 8.24. The van der Waals surface area contributed by atoms with Crippen LogP contribution >= 0.6 is 0 Å². The van der Waals surface area contributed by atoms with E-state index in [1.807, 2.05) is 71.4 Å². The van der Waals surface area contributed by atoms with Crippen molar-refractivity contribution in [3.63, 3.8) is 0 Å². The van der Waals surface area contributed by atoms with Gasteiger partial charge in [0.15, 0.2) is 0 Å². The predicted octanol–water partition coefficient (Wildman–Crippen LogP) is 6.64. The van der Waals surface area contributed by atoms with E-state index < -0.39 is 23.8 Å². The van der Waals surface area contributed by atoms with Crippen LogP contribution in [-0.2, 0) is 12.7 Å². The number of amides is 2. The Morgan fingerprint density at radius 3 is 2.49 bits per heavy atom. The summed E-state index contributed by atoms with van der Waals surface area (Å²) in [6, 6.07) is 22.7. The second-order valence-corrected chi connectivity index (χ2v) is 8.24. The van der Waals surface area contributed by atoms with Crippen molar-refractivity contribution in [1.82, 2.24) is 9.47 Å². The highest BCUT2D eigenvalue weighted by Crippen LogP contribution is 2.38. The lowest BCUT2D eigenvalue weighted by molar-refractivity contribution is -0.137. The Hall–Kier alpha value is -4.20. The highest BCUT2D eigenvalue weighted by atomic mass is 19.4. The van der Waals surface area contributed by atoms with E-state index in [1.165, 1.54) is 12.1 Å². The monoisotopic (exact) mass is 477 g/mol. The fourth-order valence-corrected chi connectivity index (χ4v) is 4.44. The van der Waals surface area contributed by atoms with Crippen molar-refractivity contribution in [2.45, 2.75) is 18.8 Å². The zero-order valence-electron chi connectivity index (χ0n) is 18.8. The van der Waals surface area contributed by atoms with Crippen LogP contribution in [0.4, 0.5) is 23.7 Å². The number of methoxy groups -OCH3 is 1. The lowest BCUT2D eigenvalue weighted by Crippen LogP contribution is -2.38. The first kappa shape index (κ1) is 22.6. The number of hydrogen-bond acceptors (Lipinski definition) is 2. The molecule has 1 aromatic heterocycles. The maximum absolute atomic E-state index is 13.6. The Labute approximate surface area is 200 Å². The number of anilines is 1. The number of fused-ring (bicyclic) bond motifs is 3. The molecule has 0 spiro atoms. The molecule has 1 atom stereocenters. The van der Waals surface area contributed by atoms with E-state index in [-0.39, 0.29) is 12.2 Å². The molecular weight excluding hydrogens is 455 g/mol.